The lowest BCUT2D eigenvalue weighted by Crippen LogP contribution is -2.14. The largest absolute Gasteiger partial charge is 0.302 e. The van der Waals surface area contributed by atoms with Gasteiger partial charge in [-0.25, -0.2) is 13.4 Å². The van der Waals surface area contributed by atoms with E-state index in [-0.39, 0.29) is 4.90 Å². The first-order valence-corrected chi connectivity index (χ1v) is 8.89. The predicted molar refractivity (Wildman–Crippen MR) is 91.7 cm³/mol. The lowest BCUT2D eigenvalue weighted by Gasteiger charge is -2.10. The van der Waals surface area contributed by atoms with E-state index < -0.39 is 10.0 Å². The van der Waals surface area contributed by atoms with Crippen LogP contribution in [0.2, 0.25) is 5.02 Å². The second-order valence-electron chi connectivity index (χ2n) is 5.41. The van der Waals surface area contributed by atoms with Crippen LogP contribution < -0.4 is 4.72 Å². The van der Waals surface area contributed by atoms with Crippen molar-refractivity contribution in [2.75, 3.05) is 4.72 Å². The van der Waals surface area contributed by atoms with Crippen molar-refractivity contribution < 1.29 is 8.42 Å². The number of aromatic nitrogens is 2. The maximum atomic E-state index is 12.6. The standard InChI is InChI=1S/C16H16ClN3O2S/c1-10-6-7-13(9-14(10)17)23(21,22)19-15-5-4-8-20-12(3)11(2)18-16(15)20/h4-9,19H,1-3H3. The molecule has 0 amide bonds. The average Bonchev–Trinajstić information content (AvgIpc) is 2.78. The molecule has 1 aromatic carbocycles. The lowest BCUT2D eigenvalue weighted by molar-refractivity contribution is 0.601. The van der Waals surface area contributed by atoms with Crippen molar-refractivity contribution in [3.8, 4) is 0 Å². The van der Waals surface area contributed by atoms with Gasteiger partial charge in [-0.1, -0.05) is 17.7 Å². The molecular weight excluding hydrogens is 334 g/mol. The van der Waals surface area contributed by atoms with Crippen molar-refractivity contribution in [3.05, 3.63) is 58.5 Å². The molecule has 0 spiro atoms. The number of benzene rings is 1. The first kappa shape index (κ1) is 15.8. The highest BCUT2D eigenvalue weighted by Gasteiger charge is 2.18. The Labute approximate surface area is 140 Å². The van der Waals surface area contributed by atoms with Gasteiger partial charge in [-0.3, -0.25) is 4.72 Å². The minimum Gasteiger partial charge on any atom is -0.302 e. The molecule has 1 N–H and O–H groups in total. The van der Waals surface area contributed by atoms with Crippen LogP contribution in [0.1, 0.15) is 17.0 Å². The van der Waals surface area contributed by atoms with Gasteiger partial charge in [-0.2, -0.15) is 0 Å². The monoisotopic (exact) mass is 349 g/mol. The number of hydrogen-bond donors (Lipinski definition) is 1. The fourth-order valence-corrected chi connectivity index (χ4v) is 3.66. The molecule has 120 valence electrons. The van der Waals surface area contributed by atoms with Gasteiger partial charge < -0.3 is 4.40 Å². The van der Waals surface area contributed by atoms with Crippen molar-refractivity contribution in [2.24, 2.45) is 0 Å². The zero-order chi connectivity index (χ0) is 16.8. The summed E-state index contributed by atoms with van der Waals surface area (Å²) in [6.45, 7) is 5.65. The molecule has 2 heterocycles. The molecule has 3 rings (SSSR count). The van der Waals surface area contributed by atoms with Gasteiger partial charge in [0, 0.05) is 16.9 Å². The number of nitrogens with zero attached hydrogens (tertiary/aromatic N) is 2. The molecule has 3 aromatic rings. The van der Waals surface area contributed by atoms with Gasteiger partial charge in [0.1, 0.15) is 0 Å². The highest BCUT2D eigenvalue weighted by molar-refractivity contribution is 7.92. The SMILES string of the molecule is Cc1ccc(S(=O)(=O)Nc2cccn3c(C)c(C)nc23)cc1Cl. The van der Waals surface area contributed by atoms with E-state index in [9.17, 15) is 8.42 Å². The summed E-state index contributed by atoms with van der Waals surface area (Å²) in [5.74, 6) is 0. The zero-order valence-corrected chi connectivity index (χ0v) is 14.5. The second kappa shape index (κ2) is 5.54. The number of halogens is 1. The number of hydrogen-bond acceptors (Lipinski definition) is 3. The van der Waals surface area contributed by atoms with Crippen LogP contribution in [0.3, 0.4) is 0 Å². The maximum Gasteiger partial charge on any atom is 0.262 e. The summed E-state index contributed by atoms with van der Waals surface area (Å²) in [6, 6.07) is 8.13. The Hall–Kier alpha value is -2.05. The maximum absolute atomic E-state index is 12.6. The van der Waals surface area contributed by atoms with E-state index in [1.807, 2.05) is 31.4 Å². The third-order valence-electron chi connectivity index (χ3n) is 3.82. The van der Waals surface area contributed by atoms with Crippen LogP contribution in [0.25, 0.3) is 5.65 Å². The molecule has 2 aromatic heterocycles. The second-order valence-corrected chi connectivity index (χ2v) is 7.50. The quantitative estimate of drug-likeness (QED) is 0.783. The molecule has 0 saturated carbocycles. The summed E-state index contributed by atoms with van der Waals surface area (Å²) < 4.78 is 29.6. The number of aryl methyl sites for hydroxylation is 3. The van der Waals surface area contributed by atoms with Gasteiger partial charge in [0.25, 0.3) is 10.0 Å². The van der Waals surface area contributed by atoms with Crippen LogP contribution >= 0.6 is 11.6 Å². The molecule has 0 atom stereocenters. The number of rotatable bonds is 3. The molecular formula is C16H16ClN3O2S. The number of pyridine rings is 1. The number of imidazole rings is 1. The van der Waals surface area contributed by atoms with Crippen molar-refractivity contribution in [2.45, 2.75) is 25.7 Å². The third kappa shape index (κ3) is 2.80. The van der Waals surface area contributed by atoms with Crippen LogP contribution in [-0.4, -0.2) is 17.8 Å². The minimum atomic E-state index is -3.74. The topological polar surface area (TPSA) is 63.5 Å². The van der Waals surface area contributed by atoms with Gasteiger partial charge >= 0.3 is 0 Å². The molecule has 7 heteroatoms. The van der Waals surface area contributed by atoms with Gasteiger partial charge in [0.2, 0.25) is 0 Å². The van der Waals surface area contributed by atoms with E-state index in [1.54, 1.807) is 18.2 Å². The van der Waals surface area contributed by atoms with Crippen LogP contribution in [0, 0.1) is 20.8 Å². The van der Waals surface area contributed by atoms with Gasteiger partial charge in [-0.15, -0.1) is 0 Å². The number of nitrogens with one attached hydrogen (secondary N) is 1. The summed E-state index contributed by atoms with van der Waals surface area (Å²) in [6.07, 6.45) is 1.85. The van der Waals surface area contributed by atoms with Crippen molar-refractivity contribution >= 4 is 33.0 Å². The van der Waals surface area contributed by atoms with Gasteiger partial charge in [-0.05, 0) is 50.6 Å². The fourth-order valence-electron chi connectivity index (χ4n) is 2.32. The van der Waals surface area contributed by atoms with Crippen LogP contribution in [0.5, 0.6) is 0 Å². The first-order valence-electron chi connectivity index (χ1n) is 7.03. The van der Waals surface area contributed by atoms with Crippen LogP contribution in [0.15, 0.2) is 41.4 Å². The Morgan fingerprint density at radius 2 is 1.91 bits per heavy atom. The molecule has 0 unspecified atom stereocenters. The number of anilines is 1. The Bertz CT molecular complexity index is 1010. The molecule has 23 heavy (non-hydrogen) atoms. The van der Waals surface area contributed by atoms with E-state index in [0.29, 0.717) is 16.4 Å². The number of fused-ring (bicyclic) bond motifs is 1. The van der Waals surface area contributed by atoms with E-state index in [4.69, 9.17) is 11.6 Å². The normalized spacial score (nSPS) is 11.8. The highest BCUT2D eigenvalue weighted by Crippen LogP contribution is 2.25. The first-order chi connectivity index (χ1) is 10.8. The Morgan fingerprint density at radius 3 is 2.61 bits per heavy atom. The van der Waals surface area contributed by atoms with Crippen LogP contribution in [-0.2, 0) is 10.0 Å². The minimum absolute atomic E-state index is 0.120. The van der Waals surface area contributed by atoms with Crippen molar-refractivity contribution in [1.29, 1.82) is 0 Å². The highest BCUT2D eigenvalue weighted by atomic mass is 35.5. The summed E-state index contributed by atoms with van der Waals surface area (Å²) >= 11 is 6.03. The average molecular weight is 350 g/mol. The molecule has 0 saturated heterocycles. The third-order valence-corrected chi connectivity index (χ3v) is 5.59. The molecule has 5 nitrogen and oxygen atoms in total. The predicted octanol–water partition coefficient (Wildman–Crippen LogP) is 3.71. The van der Waals surface area contributed by atoms with Crippen molar-refractivity contribution in [3.63, 3.8) is 0 Å². The smallest absolute Gasteiger partial charge is 0.262 e. The molecule has 0 radical (unpaired) electrons. The van der Waals surface area contributed by atoms with Gasteiger partial charge in [0.15, 0.2) is 5.65 Å². The fraction of sp³-hybridized carbons (Fsp3) is 0.188. The van der Waals surface area contributed by atoms with Crippen LogP contribution in [0.4, 0.5) is 5.69 Å². The lowest BCUT2D eigenvalue weighted by atomic mass is 10.2. The summed E-state index contributed by atoms with van der Waals surface area (Å²) in [5.41, 5.74) is 3.66. The Morgan fingerprint density at radius 1 is 1.17 bits per heavy atom. The Kier molecular flexibility index (Phi) is 3.82. The molecule has 0 fully saturated rings. The van der Waals surface area contributed by atoms with Crippen molar-refractivity contribution in [1.82, 2.24) is 9.38 Å². The van der Waals surface area contributed by atoms with E-state index in [2.05, 4.69) is 9.71 Å². The Balaban J connectivity index is 2.07. The molecule has 0 bridgehead atoms. The molecule has 0 aliphatic rings. The summed E-state index contributed by atoms with van der Waals surface area (Å²) in [5, 5.41) is 0.415. The molecule has 0 aliphatic heterocycles. The summed E-state index contributed by atoms with van der Waals surface area (Å²) in [4.78, 5) is 4.55. The number of sulfonamides is 1. The summed E-state index contributed by atoms with van der Waals surface area (Å²) in [7, 11) is -3.74. The molecule has 0 aliphatic carbocycles. The van der Waals surface area contributed by atoms with E-state index >= 15 is 0 Å². The van der Waals surface area contributed by atoms with E-state index in [1.165, 1.54) is 12.1 Å². The zero-order valence-electron chi connectivity index (χ0n) is 13.0. The van der Waals surface area contributed by atoms with Gasteiger partial charge in [0.05, 0.1) is 16.3 Å². The van der Waals surface area contributed by atoms with E-state index in [0.717, 1.165) is 17.0 Å².